The number of hydrogen-bond donors (Lipinski definition) is 0. The summed E-state index contributed by atoms with van der Waals surface area (Å²) in [5.41, 5.74) is 0.248. The Labute approximate surface area is 175 Å². The van der Waals surface area contributed by atoms with Crippen LogP contribution in [-0.4, -0.2) is 37.7 Å². The minimum Gasteiger partial charge on any atom is -0.496 e. The van der Waals surface area contributed by atoms with Crippen molar-refractivity contribution in [1.29, 1.82) is 0 Å². The molecule has 1 atom stereocenters. The van der Waals surface area contributed by atoms with E-state index >= 15 is 0 Å². The van der Waals surface area contributed by atoms with Crippen molar-refractivity contribution in [3.63, 3.8) is 0 Å². The van der Waals surface area contributed by atoms with Crippen LogP contribution in [0.25, 0.3) is 0 Å². The van der Waals surface area contributed by atoms with Crippen molar-refractivity contribution in [2.24, 2.45) is 0 Å². The Hall–Kier alpha value is -1.94. The minimum atomic E-state index is -1.40. The fourth-order valence-electron chi connectivity index (χ4n) is 3.16. The molecule has 162 valence electrons. The second-order valence-electron chi connectivity index (χ2n) is 7.06. The summed E-state index contributed by atoms with van der Waals surface area (Å²) >= 11 is 0. The smallest absolute Gasteiger partial charge is 0.324 e. The third-order valence-corrected chi connectivity index (χ3v) is 5.80. The van der Waals surface area contributed by atoms with Gasteiger partial charge in [0, 0.05) is 6.42 Å². The molecule has 0 radical (unpaired) electrons. The minimum absolute atomic E-state index is 0.234. The fourth-order valence-corrected chi connectivity index (χ4v) is 3.75. The number of benzene rings is 1. The molecule has 1 unspecified atom stereocenters. The Kier molecular flexibility index (Phi) is 11.5. The third-order valence-electron chi connectivity index (χ3n) is 4.89. The van der Waals surface area contributed by atoms with E-state index in [9.17, 15) is 14.2 Å². The highest BCUT2D eigenvalue weighted by Crippen LogP contribution is 2.39. The van der Waals surface area contributed by atoms with Gasteiger partial charge in [0.15, 0.2) is 19.4 Å². The molecule has 0 amide bonds. The third kappa shape index (κ3) is 7.11. The molecule has 6 nitrogen and oxygen atoms in total. The van der Waals surface area contributed by atoms with E-state index in [1.807, 2.05) is 6.92 Å². The molecule has 0 fully saturated rings. The van der Waals surface area contributed by atoms with E-state index in [2.05, 4.69) is 6.92 Å². The van der Waals surface area contributed by atoms with Crippen molar-refractivity contribution in [2.45, 2.75) is 70.4 Å². The zero-order valence-corrected chi connectivity index (χ0v) is 18.9. The number of ether oxygens (including phenoxy) is 3. The molecule has 0 aliphatic carbocycles. The van der Waals surface area contributed by atoms with Crippen molar-refractivity contribution >= 4 is 20.2 Å². The van der Waals surface area contributed by atoms with Gasteiger partial charge in [0.25, 0.3) is 0 Å². The molecule has 7 heteroatoms. The molecule has 0 bridgehead atoms. The highest BCUT2D eigenvalue weighted by atomic mass is 31.1. The van der Waals surface area contributed by atoms with Gasteiger partial charge in [0.2, 0.25) is 0 Å². The van der Waals surface area contributed by atoms with Crippen LogP contribution in [0, 0.1) is 0 Å². The lowest BCUT2D eigenvalue weighted by Crippen LogP contribution is -2.37. The molecule has 1 aromatic carbocycles. The van der Waals surface area contributed by atoms with Crippen molar-refractivity contribution in [3.05, 3.63) is 23.8 Å². The van der Waals surface area contributed by atoms with E-state index in [4.69, 9.17) is 14.2 Å². The second-order valence-corrected chi connectivity index (χ2v) is 8.10. The van der Waals surface area contributed by atoms with E-state index in [-0.39, 0.29) is 24.4 Å². The summed E-state index contributed by atoms with van der Waals surface area (Å²) < 4.78 is 28.2. The van der Waals surface area contributed by atoms with Crippen LogP contribution in [0.2, 0.25) is 0 Å². The molecule has 1 rings (SSSR count). The number of methoxy groups -OCH3 is 2. The Morgan fingerprint density at radius 3 is 2.10 bits per heavy atom. The summed E-state index contributed by atoms with van der Waals surface area (Å²) in [6, 6.07) is 5.03. The lowest BCUT2D eigenvalue weighted by molar-refractivity contribution is -0.147. The molecule has 0 heterocycles. The zero-order chi connectivity index (χ0) is 21.7. The van der Waals surface area contributed by atoms with Gasteiger partial charge in [-0.05, 0) is 25.0 Å². The Morgan fingerprint density at radius 1 is 0.966 bits per heavy atom. The molecule has 0 aliphatic rings. The van der Waals surface area contributed by atoms with Gasteiger partial charge >= 0.3 is 5.97 Å². The van der Waals surface area contributed by atoms with E-state index in [1.165, 1.54) is 14.2 Å². The summed E-state index contributed by atoms with van der Waals surface area (Å²) in [6.45, 7) is 4.36. The highest BCUT2D eigenvalue weighted by molar-refractivity contribution is 7.28. The van der Waals surface area contributed by atoms with Crippen LogP contribution in [-0.2, 0) is 14.1 Å². The molecule has 0 N–H and O–H groups in total. The van der Waals surface area contributed by atoms with Gasteiger partial charge in [-0.3, -0.25) is 14.2 Å². The normalized spacial score (nSPS) is 13.0. The lowest BCUT2D eigenvalue weighted by Gasteiger charge is -2.25. The summed E-state index contributed by atoms with van der Waals surface area (Å²) in [4.78, 5) is 26.0. The highest BCUT2D eigenvalue weighted by Gasteiger charge is 2.43. The first-order valence-electron chi connectivity index (χ1n) is 10.3. The molecule has 29 heavy (non-hydrogen) atoms. The molecule has 0 spiro atoms. The van der Waals surface area contributed by atoms with Gasteiger partial charge in [-0.1, -0.05) is 52.0 Å². The zero-order valence-electron chi connectivity index (χ0n) is 18.0. The number of esters is 1. The van der Waals surface area contributed by atoms with Crippen molar-refractivity contribution in [1.82, 2.24) is 0 Å². The lowest BCUT2D eigenvalue weighted by atomic mass is 9.91. The maximum Gasteiger partial charge on any atom is 0.324 e. The van der Waals surface area contributed by atoms with Crippen LogP contribution in [0.3, 0.4) is 0 Å². The quantitative estimate of drug-likeness (QED) is 0.157. The van der Waals surface area contributed by atoms with E-state index in [0.29, 0.717) is 24.3 Å². The van der Waals surface area contributed by atoms with Crippen LogP contribution in [0.4, 0.5) is 0 Å². The van der Waals surface area contributed by atoms with Gasteiger partial charge in [-0.25, -0.2) is 0 Å². The number of hydrogen-bond acceptors (Lipinski definition) is 6. The average molecular weight is 424 g/mol. The van der Waals surface area contributed by atoms with Crippen LogP contribution in [0.1, 0.15) is 75.6 Å². The molecular weight excluding hydrogens is 391 g/mol. The fraction of sp³-hybridized carbons (Fsp3) is 0.636. The average Bonchev–Trinajstić information content (AvgIpc) is 2.75. The number of rotatable bonds is 15. The summed E-state index contributed by atoms with van der Waals surface area (Å²) in [5.74, 6) is -0.230. The van der Waals surface area contributed by atoms with Crippen molar-refractivity contribution < 1.29 is 28.4 Å². The number of Topliss-reactive ketones (excluding diaryl/α,β-unsaturated/α-hetero) is 1. The summed E-state index contributed by atoms with van der Waals surface area (Å²) in [5, 5.41) is -1.40. The first-order chi connectivity index (χ1) is 14.0. The number of carbonyl (C=O) groups is 2. The molecule has 0 aliphatic heterocycles. The number of carbonyl (C=O) groups excluding carboxylic acids is 2. The molecule has 0 aromatic heterocycles. The molecular formula is C22H33O6P. The maximum absolute atomic E-state index is 13.2. The molecule has 0 saturated carbocycles. The Balaban J connectivity index is 3.07. The predicted octanol–water partition coefficient (Wildman–Crippen LogP) is 5.62. The largest absolute Gasteiger partial charge is 0.496 e. The standard InChI is InChI=1S/C22H33O6P/c1-5-7-9-10-15-28-21(24)22(29-25,14-8-6-2)16-17(23)20-18(26-3)12-11-13-19(20)27-4/h11-13H,5-10,14-16H2,1-4H3. The SMILES string of the molecule is CCCCCCOC(=O)C(CCCC)(CC(=O)c1c(OC)cccc1OC)P=O. The Morgan fingerprint density at radius 2 is 1.59 bits per heavy atom. The predicted molar refractivity (Wildman–Crippen MR) is 113 cm³/mol. The molecule has 0 saturated heterocycles. The van der Waals surface area contributed by atoms with Crippen LogP contribution in [0.5, 0.6) is 11.5 Å². The second kappa shape index (κ2) is 13.3. The van der Waals surface area contributed by atoms with Crippen LogP contribution in [0.15, 0.2) is 18.2 Å². The van der Waals surface area contributed by atoms with Crippen LogP contribution < -0.4 is 9.47 Å². The van der Waals surface area contributed by atoms with Crippen molar-refractivity contribution in [3.8, 4) is 11.5 Å². The summed E-state index contributed by atoms with van der Waals surface area (Å²) in [6.07, 6.45) is 5.44. The van der Waals surface area contributed by atoms with Crippen molar-refractivity contribution in [2.75, 3.05) is 20.8 Å². The maximum atomic E-state index is 13.2. The van der Waals surface area contributed by atoms with Crippen LogP contribution >= 0.6 is 8.46 Å². The summed E-state index contributed by atoms with van der Waals surface area (Å²) in [7, 11) is 2.52. The van der Waals surface area contributed by atoms with Gasteiger partial charge < -0.3 is 14.2 Å². The van der Waals surface area contributed by atoms with Gasteiger partial charge in [-0.15, -0.1) is 0 Å². The molecule has 1 aromatic rings. The van der Waals surface area contributed by atoms with E-state index in [0.717, 1.165) is 32.1 Å². The topological polar surface area (TPSA) is 78.9 Å². The number of unbranched alkanes of at least 4 members (excludes halogenated alkanes) is 4. The van der Waals surface area contributed by atoms with E-state index in [1.54, 1.807) is 18.2 Å². The first kappa shape index (κ1) is 25.1. The Bertz CT molecular complexity index is 653. The van der Waals surface area contributed by atoms with Gasteiger partial charge in [0.1, 0.15) is 17.1 Å². The van der Waals surface area contributed by atoms with Gasteiger partial charge in [0.05, 0.1) is 20.8 Å². The van der Waals surface area contributed by atoms with E-state index < -0.39 is 19.6 Å². The monoisotopic (exact) mass is 424 g/mol. The first-order valence-corrected chi connectivity index (χ1v) is 11.1. The van der Waals surface area contributed by atoms with Gasteiger partial charge in [-0.2, -0.15) is 0 Å². The number of ketones is 1.